The Kier molecular flexibility index (Phi) is 5.88. The van der Waals surface area contributed by atoms with Crippen LogP contribution in [-0.2, 0) is 14.8 Å². The molecule has 1 aliphatic heterocycles. The molecule has 0 aromatic heterocycles. The van der Waals surface area contributed by atoms with Crippen LogP contribution in [-0.4, -0.2) is 61.7 Å². The summed E-state index contributed by atoms with van der Waals surface area (Å²) in [4.78, 5) is 0.950. The standard InChI is InChI=1S/C13H20N2O4S2/c14-11-2-1-3-13(8-11)20-6-7-21(17,18)15-4-5-19-10-12(15)9-16/h1-3,8,12,16H,4-7,9-10,14H2. The SMILES string of the molecule is Nc1cccc(SCCS(=O)(=O)N2CCOCC2CO)c1. The normalized spacial score (nSPS) is 20.5. The second-order valence-corrected chi connectivity index (χ2v) is 7.97. The second kappa shape index (κ2) is 7.46. The Bertz CT molecular complexity index is 565. The molecule has 1 aromatic rings. The van der Waals surface area contributed by atoms with Crippen molar-refractivity contribution >= 4 is 27.5 Å². The van der Waals surface area contributed by atoms with E-state index < -0.39 is 16.1 Å². The molecule has 0 radical (unpaired) electrons. The Morgan fingerprint density at radius 2 is 2.29 bits per heavy atom. The number of morpholine rings is 1. The minimum atomic E-state index is -3.38. The van der Waals surface area contributed by atoms with Gasteiger partial charge in [0, 0.05) is 22.9 Å². The molecule has 1 aliphatic rings. The summed E-state index contributed by atoms with van der Waals surface area (Å²) in [5.74, 6) is 0.476. The van der Waals surface area contributed by atoms with Gasteiger partial charge in [0.05, 0.1) is 31.6 Å². The van der Waals surface area contributed by atoms with Gasteiger partial charge in [-0.3, -0.25) is 0 Å². The first-order chi connectivity index (χ1) is 10.0. The van der Waals surface area contributed by atoms with Crippen molar-refractivity contribution in [1.29, 1.82) is 0 Å². The van der Waals surface area contributed by atoms with E-state index >= 15 is 0 Å². The minimum absolute atomic E-state index is 0.0307. The van der Waals surface area contributed by atoms with Crippen LogP contribution in [0.4, 0.5) is 5.69 Å². The molecule has 1 unspecified atom stereocenters. The average Bonchev–Trinajstić information content (AvgIpc) is 2.47. The summed E-state index contributed by atoms with van der Waals surface area (Å²) < 4.78 is 31.2. The molecule has 0 amide bonds. The molecule has 0 saturated carbocycles. The van der Waals surface area contributed by atoms with Crippen LogP contribution in [0.2, 0.25) is 0 Å². The van der Waals surface area contributed by atoms with Crippen molar-refractivity contribution in [2.75, 3.05) is 43.6 Å². The maximum absolute atomic E-state index is 12.3. The molecule has 118 valence electrons. The number of thioether (sulfide) groups is 1. The highest BCUT2D eigenvalue weighted by molar-refractivity contribution is 8.00. The summed E-state index contributed by atoms with van der Waals surface area (Å²) in [7, 11) is -3.38. The smallest absolute Gasteiger partial charge is 0.215 e. The number of rotatable bonds is 6. The fourth-order valence-corrected chi connectivity index (χ4v) is 5.11. The molecule has 1 heterocycles. The molecule has 21 heavy (non-hydrogen) atoms. The number of nitrogens with two attached hydrogens (primary N) is 1. The second-order valence-electron chi connectivity index (χ2n) is 4.76. The van der Waals surface area contributed by atoms with Crippen molar-refractivity contribution in [2.24, 2.45) is 0 Å². The molecule has 1 aromatic carbocycles. The van der Waals surface area contributed by atoms with Crippen molar-refractivity contribution in [1.82, 2.24) is 4.31 Å². The molecule has 2 rings (SSSR count). The largest absolute Gasteiger partial charge is 0.399 e. The van der Waals surface area contributed by atoms with E-state index in [1.165, 1.54) is 16.1 Å². The number of hydrogen-bond donors (Lipinski definition) is 2. The first kappa shape index (κ1) is 16.6. The summed E-state index contributed by atoms with van der Waals surface area (Å²) in [6.45, 7) is 0.703. The van der Waals surface area contributed by atoms with Gasteiger partial charge in [-0.05, 0) is 18.2 Å². The van der Waals surface area contributed by atoms with Gasteiger partial charge in [-0.15, -0.1) is 11.8 Å². The number of benzene rings is 1. The zero-order chi connectivity index (χ0) is 15.3. The third-order valence-corrected chi connectivity index (χ3v) is 6.38. The van der Waals surface area contributed by atoms with E-state index in [1.54, 1.807) is 6.07 Å². The van der Waals surface area contributed by atoms with Crippen molar-refractivity contribution in [3.63, 3.8) is 0 Å². The summed E-state index contributed by atoms with van der Waals surface area (Å²) in [5.41, 5.74) is 6.35. The summed E-state index contributed by atoms with van der Waals surface area (Å²) >= 11 is 1.45. The van der Waals surface area contributed by atoms with E-state index in [0.29, 0.717) is 24.6 Å². The number of anilines is 1. The monoisotopic (exact) mass is 332 g/mol. The number of ether oxygens (including phenoxy) is 1. The van der Waals surface area contributed by atoms with Gasteiger partial charge in [-0.2, -0.15) is 4.31 Å². The molecule has 1 fully saturated rings. The Hall–Kier alpha value is -0.800. The molecule has 1 saturated heterocycles. The van der Waals surface area contributed by atoms with Crippen LogP contribution in [0, 0.1) is 0 Å². The van der Waals surface area contributed by atoms with Crippen molar-refractivity contribution in [3.05, 3.63) is 24.3 Å². The average molecular weight is 332 g/mol. The molecule has 0 spiro atoms. The Balaban J connectivity index is 1.91. The van der Waals surface area contributed by atoms with E-state index in [1.807, 2.05) is 18.2 Å². The van der Waals surface area contributed by atoms with Gasteiger partial charge in [0.1, 0.15) is 0 Å². The zero-order valence-corrected chi connectivity index (χ0v) is 13.3. The van der Waals surface area contributed by atoms with Crippen LogP contribution in [0.25, 0.3) is 0 Å². The van der Waals surface area contributed by atoms with Crippen LogP contribution in [0.3, 0.4) is 0 Å². The summed E-state index contributed by atoms with van der Waals surface area (Å²) in [6, 6.07) is 6.89. The summed E-state index contributed by atoms with van der Waals surface area (Å²) in [6.07, 6.45) is 0. The topological polar surface area (TPSA) is 92.9 Å². The number of hydrogen-bond acceptors (Lipinski definition) is 6. The third-order valence-electron chi connectivity index (χ3n) is 3.21. The summed E-state index contributed by atoms with van der Waals surface area (Å²) in [5, 5.41) is 9.25. The number of sulfonamides is 1. The molecule has 8 heteroatoms. The quantitative estimate of drug-likeness (QED) is 0.578. The number of aliphatic hydroxyl groups excluding tert-OH is 1. The Labute approximate surface area is 129 Å². The fourth-order valence-electron chi connectivity index (χ4n) is 2.14. The lowest BCUT2D eigenvalue weighted by Gasteiger charge is -2.33. The maximum Gasteiger partial charge on any atom is 0.215 e. The van der Waals surface area contributed by atoms with Gasteiger partial charge < -0.3 is 15.6 Å². The maximum atomic E-state index is 12.3. The number of aliphatic hydroxyl groups is 1. The lowest BCUT2D eigenvalue weighted by Crippen LogP contribution is -2.51. The molecule has 3 N–H and O–H groups in total. The van der Waals surface area contributed by atoms with Crippen LogP contribution < -0.4 is 5.73 Å². The highest BCUT2D eigenvalue weighted by atomic mass is 32.2. The van der Waals surface area contributed by atoms with Crippen molar-refractivity contribution in [3.8, 4) is 0 Å². The molecular weight excluding hydrogens is 312 g/mol. The fraction of sp³-hybridized carbons (Fsp3) is 0.538. The molecule has 0 aliphatic carbocycles. The van der Waals surface area contributed by atoms with Gasteiger partial charge >= 0.3 is 0 Å². The number of nitrogens with zero attached hydrogens (tertiary/aromatic N) is 1. The van der Waals surface area contributed by atoms with Gasteiger partial charge in [-0.25, -0.2) is 8.42 Å². The zero-order valence-electron chi connectivity index (χ0n) is 11.6. The van der Waals surface area contributed by atoms with Gasteiger partial charge in [0.2, 0.25) is 10.0 Å². The lowest BCUT2D eigenvalue weighted by molar-refractivity contribution is 0.0110. The van der Waals surface area contributed by atoms with Gasteiger partial charge in [-0.1, -0.05) is 6.07 Å². The van der Waals surface area contributed by atoms with Gasteiger partial charge in [0.15, 0.2) is 0 Å². The highest BCUT2D eigenvalue weighted by Gasteiger charge is 2.31. The van der Waals surface area contributed by atoms with Crippen LogP contribution in [0.15, 0.2) is 29.2 Å². The van der Waals surface area contributed by atoms with Crippen molar-refractivity contribution in [2.45, 2.75) is 10.9 Å². The van der Waals surface area contributed by atoms with Crippen LogP contribution >= 0.6 is 11.8 Å². The first-order valence-corrected chi connectivity index (χ1v) is 9.29. The van der Waals surface area contributed by atoms with E-state index in [2.05, 4.69) is 0 Å². The van der Waals surface area contributed by atoms with E-state index in [-0.39, 0.29) is 19.0 Å². The molecule has 0 bridgehead atoms. The lowest BCUT2D eigenvalue weighted by atomic mass is 10.3. The number of nitrogen functional groups attached to an aromatic ring is 1. The van der Waals surface area contributed by atoms with E-state index in [9.17, 15) is 13.5 Å². The molecule has 1 atom stereocenters. The predicted molar refractivity (Wildman–Crippen MR) is 83.8 cm³/mol. The predicted octanol–water partition coefficient (Wildman–Crippen LogP) is 0.384. The van der Waals surface area contributed by atoms with Crippen LogP contribution in [0.5, 0.6) is 0 Å². The highest BCUT2D eigenvalue weighted by Crippen LogP contribution is 2.21. The van der Waals surface area contributed by atoms with E-state index in [0.717, 1.165) is 4.90 Å². The van der Waals surface area contributed by atoms with Crippen molar-refractivity contribution < 1.29 is 18.3 Å². The third kappa shape index (κ3) is 4.58. The minimum Gasteiger partial charge on any atom is -0.399 e. The van der Waals surface area contributed by atoms with Gasteiger partial charge in [0.25, 0.3) is 0 Å². The molecule has 6 nitrogen and oxygen atoms in total. The van der Waals surface area contributed by atoms with E-state index in [4.69, 9.17) is 10.5 Å². The Morgan fingerprint density at radius 3 is 3.00 bits per heavy atom. The van der Waals surface area contributed by atoms with Crippen LogP contribution in [0.1, 0.15) is 0 Å². The Morgan fingerprint density at radius 1 is 1.48 bits per heavy atom. The first-order valence-electron chi connectivity index (χ1n) is 6.69. The molecular formula is C13H20N2O4S2.